The van der Waals surface area contributed by atoms with Crippen LogP contribution in [0.25, 0.3) is 0 Å². The third-order valence-corrected chi connectivity index (χ3v) is 5.63. The fraction of sp³-hybridized carbons (Fsp3) is 0.765. The molecule has 3 fully saturated rings. The number of nitrogens with zero attached hydrogens (tertiary/aromatic N) is 2. The third-order valence-electron chi connectivity index (χ3n) is 5.63. The highest BCUT2D eigenvalue weighted by atomic mass is 16.2. The summed E-state index contributed by atoms with van der Waals surface area (Å²) in [4.78, 5) is 50.1. The first-order valence-electron chi connectivity index (χ1n) is 8.99. The maximum Gasteiger partial charge on any atom is 0.242 e. The number of piperidine rings is 1. The van der Waals surface area contributed by atoms with Gasteiger partial charge in [0, 0.05) is 39.0 Å². The fourth-order valence-electron chi connectivity index (χ4n) is 3.89. The zero-order chi connectivity index (χ0) is 18.0. The van der Waals surface area contributed by atoms with Gasteiger partial charge in [0.25, 0.3) is 0 Å². The van der Waals surface area contributed by atoms with Crippen molar-refractivity contribution in [2.45, 2.75) is 45.1 Å². The van der Waals surface area contributed by atoms with Gasteiger partial charge in [0.15, 0.2) is 0 Å². The van der Waals surface area contributed by atoms with Gasteiger partial charge in [-0.25, -0.2) is 0 Å². The molecule has 8 nitrogen and oxygen atoms in total. The number of amides is 4. The Morgan fingerprint density at radius 1 is 1.20 bits per heavy atom. The van der Waals surface area contributed by atoms with E-state index in [0.29, 0.717) is 26.1 Å². The molecule has 4 amide bonds. The Bertz CT molecular complexity index is 583. The van der Waals surface area contributed by atoms with Crippen LogP contribution < -0.4 is 10.6 Å². The summed E-state index contributed by atoms with van der Waals surface area (Å²) in [6.07, 6.45) is 4.08. The van der Waals surface area contributed by atoms with E-state index in [1.165, 1.54) is 6.92 Å². The van der Waals surface area contributed by atoms with E-state index in [0.717, 1.165) is 25.7 Å². The molecule has 0 aromatic rings. The van der Waals surface area contributed by atoms with Crippen LogP contribution in [-0.4, -0.2) is 72.2 Å². The monoisotopic (exact) mass is 350 g/mol. The molecule has 1 atom stereocenters. The van der Waals surface area contributed by atoms with Crippen molar-refractivity contribution >= 4 is 23.6 Å². The number of carbonyl (C=O) groups is 4. The van der Waals surface area contributed by atoms with Crippen LogP contribution >= 0.6 is 0 Å². The van der Waals surface area contributed by atoms with Crippen LogP contribution in [0.5, 0.6) is 0 Å². The summed E-state index contributed by atoms with van der Waals surface area (Å²) in [7, 11) is 0. The third kappa shape index (κ3) is 4.11. The standard InChI is InChI=1S/C17H26N4O4/c1-12(22)18-10-14(23)19-13-9-17(13)4-7-20(8-5-17)16(25)11-21-6-2-3-15(21)24/h13H,2-11H2,1H3,(H,18,22)(H,19,23). The van der Waals surface area contributed by atoms with Crippen molar-refractivity contribution in [1.29, 1.82) is 0 Å². The van der Waals surface area contributed by atoms with Crippen LogP contribution in [0.15, 0.2) is 0 Å². The quantitative estimate of drug-likeness (QED) is 0.681. The van der Waals surface area contributed by atoms with Crippen LogP contribution in [0.3, 0.4) is 0 Å². The van der Waals surface area contributed by atoms with Gasteiger partial charge in [0.1, 0.15) is 0 Å². The van der Waals surface area contributed by atoms with Gasteiger partial charge in [0.05, 0.1) is 13.1 Å². The highest BCUT2D eigenvalue weighted by Gasteiger charge is 2.55. The van der Waals surface area contributed by atoms with E-state index in [4.69, 9.17) is 0 Å². The van der Waals surface area contributed by atoms with Gasteiger partial charge >= 0.3 is 0 Å². The van der Waals surface area contributed by atoms with Crippen LogP contribution in [0, 0.1) is 5.41 Å². The van der Waals surface area contributed by atoms with Crippen LogP contribution in [-0.2, 0) is 19.2 Å². The molecule has 2 saturated heterocycles. The Kier molecular flexibility index (Phi) is 4.96. The van der Waals surface area contributed by atoms with E-state index in [2.05, 4.69) is 10.6 Å². The van der Waals surface area contributed by atoms with E-state index < -0.39 is 0 Å². The van der Waals surface area contributed by atoms with E-state index in [-0.39, 0.29) is 48.2 Å². The molecule has 25 heavy (non-hydrogen) atoms. The number of carbonyl (C=O) groups excluding carboxylic acids is 4. The second-order valence-corrected chi connectivity index (χ2v) is 7.40. The largest absolute Gasteiger partial charge is 0.351 e. The Morgan fingerprint density at radius 2 is 1.92 bits per heavy atom. The summed E-state index contributed by atoms with van der Waals surface area (Å²) in [5.41, 5.74) is 0.103. The number of likely N-dealkylation sites (tertiary alicyclic amines) is 2. The Hall–Kier alpha value is -2.12. The van der Waals surface area contributed by atoms with Gasteiger partial charge in [-0.05, 0) is 31.1 Å². The number of rotatable bonds is 5. The minimum atomic E-state index is -0.219. The summed E-state index contributed by atoms with van der Waals surface area (Å²) in [5, 5.41) is 5.46. The molecule has 0 radical (unpaired) electrons. The average Bonchev–Trinajstić information content (AvgIpc) is 3.05. The predicted octanol–water partition coefficient (Wildman–Crippen LogP) is -0.758. The highest BCUT2D eigenvalue weighted by Crippen LogP contribution is 2.53. The molecule has 1 spiro atoms. The lowest BCUT2D eigenvalue weighted by molar-refractivity contribution is -0.139. The van der Waals surface area contributed by atoms with Crippen molar-refractivity contribution in [3.8, 4) is 0 Å². The van der Waals surface area contributed by atoms with E-state index in [1.807, 2.05) is 4.90 Å². The van der Waals surface area contributed by atoms with Crippen LogP contribution in [0.2, 0.25) is 0 Å². The summed E-state index contributed by atoms with van der Waals surface area (Å²) in [6, 6.07) is 0.145. The van der Waals surface area contributed by atoms with Gasteiger partial charge in [-0.1, -0.05) is 0 Å². The summed E-state index contributed by atoms with van der Waals surface area (Å²) < 4.78 is 0. The summed E-state index contributed by atoms with van der Waals surface area (Å²) in [6.45, 7) is 3.63. The lowest BCUT2D eigenvalue weighted by Crippen LogP contribution is -2.46. The molecule has 8 heteroatoms. The highest BCUT2D eigenvalue weighted by molar-refractivity contribution is 5.86. The predicted molar refractivity (Wildman–Crippen MR) is 89.3 cm³/mol. The van der Waals surface area contributed by atoms with E-state index in [9.17, 15) is 19.2 Å². The molecule has 3 aliphatic rings. The first-order chi connectivity index (χ1) is 11.9. The van der Waals surface area contributed by atoms with Crippen molar-refractivity contribution in [2.24, 2.45) is 5.41 Å². The van der Waals surface area contributed by atoms with E-state index >= 15 is 0 Å². The molecule has 0 aromatic carbocycles. The summed E-state index contributed by atoms with van der Waals surface area (Å²) >= 11 is 0. The minimum absolute atomic E-state index is 0.0103. The molecule has 1 saturated carbocycles. The first-order valence-corrected chi connectivity index (χ1v) is 8.99. The molecular formula is C17H26N4O4. The van der Waals surface area contributed by atoms with Crippen molar-refractivity contribution in [3.05, 3.63) is 0 Å². The minimum Gasteiger partial charge on any atom is -0.351 e. The molecular weight excluding hydrogens is 324 g/mol. The zero-order valence-corrected chi connectivity index (χ0v) is 14.7. The van der Waals surface area contributed by atoms with Crippen molar-refractivity contribution in [2.75, 3.05) is 32.7 Å². The maximum absolute atomic E-state index is 12.4. The number of nitrogens with one attached hydrogen (secondary N) is 2. The molecule has 1 aliphatic carbocycles. The Morgan fingerprint density at radius 3 is 2.52 bits per heavy atom. The van der Waals surface area contributed by atoms with Crippen LogP contribution in [0.1, 0.15) is 39.0 Å². The maximum atomic E-state index is 12.4. The SMILES string of the molecule is CC(=O)NCC(=O)NC1CC12CCN(C(=O)CN1CCCC1=O)CC2. The normalized spacial score (nSPS) is 24.4. The van der Waals surface area contributed by atoms with Gasteiger partial charge in [-0.3, -0.25) is 19.2 Å². The first kappa shape index (κ1) is 17.7. The lowest BCUT2D eigenvalue weighted by Gasteiger charge is -2.34. The average molecular weight is 350 g/mol. The van der Waals surface area contributed by atoms with Gasteiger partial charge in [-0.2, -0.15) is 0 Å². The van der Waals surface area contributed by atoms with Gasteiger partial charge in [0.2, 0.25) is 23.6 Å². The van der Waals surface area contributed by atoms with Crippen molar-refractivity contribution < 1.29 is 19.2 Å². The van der Waals surface area contributed by atoms with Gasteiger partial charge < -0.3 is 20.4 Å². The fourth-order valence-corrected chi connectivity index (χ4v) is 3.89. The lowest BCUT2D eigenvalue weighted by atomic mass is 9.92. The van der Waals surface area contributed by atoms with Crippen molar-refractivity contribution in [1.82, 2.24) is 20.4 Å². The Balaban J connectivity index is 1.40. The van der Waals surface area contributed by atoms with E-state index in [1.54, 1.807) is 4.90 Å². The molecule has 138 valence electrons. The molecule has 2 N–H and O–H groups in total. The number of hydrogen-bond donors (Lipinski definition) is 2. The molecule has 0 aromatic heterocycles. The topological polar surface area (TPSA) is 98.8 Å². The smallest absolute Gasteiger partial charge is 0.242 e. The van der Waals surface area contributed by atoms with Crippen LogP contribution in [0.4, 0.5) is 0 Å². The molecule has 2 heterocycles. The second-order valence-electron chi connectivity index (χ2n) is 7.40. The van der Waals surface area contributed by atoms with Gasteiger partial charge in [-0.15, -0.1) is 0 Å². The Labute approximate surface area is 147 Å². The summed E-state index contributed by atoms with van der Waals surface area (Å²) in [5.74, 6) is -0.282. The second kappa shape index (κ2) is 7.01. The molecule has 1 unspecified atom stereocenters. The molecule has 3 rings (SSSR count). The number of hydrogen-bond acceptors (Lipinski definition) is 4. The molecule has 2 aliphatic heterocycles. The zero-order valence-electron chi connectivity index (χ0n) is 14.7. The molecule has 0 bridgehead atoms. The van der Waals surface area contributed by atoms with Crippen molar-refractivity contribution in [3.63, 3.8) is 0 Å².